The first-order chi connectivity index (χ1) is 14.5. The minimum Gasteiger partial charge on any atom is -0.504 e. The van der Waals surface area contributed by atoms with Crippen molar-refractivity contribution in [3.63, 3.8) is 0 Å². The molecular formula is C24H19NO5. The highest BCUT2D eigenvalue weighted by molar-refractivity contribution is 6.43. The Balaban J connectivity index is 1.90. The van der Waals surface area contributed by atoms with Gasteiger partial charge in [-0.05, 0) is 47.5 Å². The number of carbonyl (C=O) groups is 2. The van der Waals surface area contributed by atoms with Gasteiger partial charge in [-0.3, -0.25) is 9.59 Å². The number of methoxy groups -OCH3 is 2. The van der Waals surface area contributed by atoms with E-state index in [1.807, 2.05) is 0 Å². The highest BCUT2D eigenvalue weighted by Crippen LogP contribution is 2.37. The van der Waals surface area contributed by atoms with Crippen LogP contribution in [0, 0.1) is 0 Å². The van der Waals surface area contributed by atoms with Crippen molar-refractivity contribution in [1.29, 1.82) is 0 Å². The number of fused-ring (bicyclic) bond motifs is 1. The van der Waals surface area contributed by atoms with E-state index in [2.05, 4.69) is 0 Å². The molecule has 1 aliphatic rings. The van der Waals surface area contributed by atoms with Crippen LogP contribution in [0.4, 0.5) is 5.69 Å². The van der Waals surface area contributed by atoms with Crippen molar-refractivity contribution in [3.8, 4) is 17.2 Å². The van der Waals surface area contributed by atoms with Crippen molar-refractivity contribution in [1.82, 2.24) is 0 Å². The smallest absolute Gasteiger partial charge is 0.266 e. The molecule has 0 bridgehead atoms. The van der Waals surface area contributed by atoms with Crippen LogP contribution in [0.1, 0.15) is 21.5 Å². The molecule has 3 aromatic rings. The van der Waals surface area contributed by atoms with Gasteiger partial charge in [0.1, 0.15) is 5.75 Å². The molecule has 0 saturated carbocycles. The van der Waals surface area contributed by atoms with E-state index in [1.165, 1.54) is 20.3 Å². The molecule has 3 aromatic carbocycles. The lowest BCUT2D eigenvalue weighted by Gasteiger charge is -2.29. The van der Waals surface area contributed by atoms with Gasteiger partial charge in [-0.2, -0.15) is 0 Å². The fourth-order valence-electron chi connectivity index (χ4n) is 3.49. The third-order valence-corrected chi connectivity index (χ3v) is 4.92. The first-order valence-corrected chi connectivity index (χ1v) is 9.25. The average molecular weight is 401 g/mol. The largest absolute Gasteiger partial charge is 0.504 e. The number of phenols is 1. The number of benzene rings is 3. The zero-order chi connectivity index (χ0) is 21.3. The van der Waals surface area contributed by atoms with Gasteiger partial charge < -0.3 is 14.6 Å². The van der Waals surface area contributed by atoms with E-state index in [0.29, 0.717) is 39.4 Å². The molecule has 0 aromatic heterocycles. The van der Waals surface area contributed by atoms with Crippen LogP contribution in [0.25, 0.3) is 11.6 Å². The van der Waals surface area contributed by atoms with Gasteiger partial charge in [0.05, 0.1) is 19.9 Å². The number of phenolic OH excluding ortho intramolecular Hbond substituents is 1. The second-order valence-electron chi connectivity index (χ2n) is 6.65. The van der Waals surface area contributed by atoms with Crippen LogP contribution in [0.15, 0.2) is 66.7 Å². The number of hydrogen-bond acceptors (Lipinski definition) is 5. The number of imide groups is 1. The van der Waals surface area contributed by atoms with Gasteiger partial charge in [0.2, 0.25) is 0 Å². The lowest BCUT2D eigenvalue weighted by molar-refractivity contribution is -0.112. The van der Waals surface area contributed by atoms with Gasteiger partial charge in [0, 0.05) is 11.1 Å². The third kappa shape index (κ3) is 3.18. The van der Waals surface area contributed by atoms with Crippen LogP contribution in [-0.2, 0) is 4.79 Å². The molecule has 4 rings (SSSR count). The lowest BCUT2D eigenvalue weighted by Crippen LogP contribution is -2.42. The number of anilines is 1. The van der Waals surface area contributed by atoms with E-state index < -0.39 is 11.8 Å². The number of carbonyl (C=O) groups excluding carboxylic acids is 2. The second-order valence-corrected chi connectivity index (χ2v) is 6.65. The summed E-state index contributed by atoms with van der Waals surface area (Å²) in [5.41, 5.74) is 2.25. The maximum Gasteiger partial charge on any atom is 0.266 e. The molecule has 0 unspecified atom stereocenters. The lowest BCUT2D eigenvalue weighted by atomic mass is 9.91. The summed E-state index contributed by atoms with van der Waals surface area (Å²) in [6, 6.07) is 18.7. The van der Waals surface area contributed by atoms with Crippen LogP contribution in [-0.4, -0.2) is 31.1 Å². The van der Waals surface area contributed by atoms with Crippen LogP contribution >= 0.6 is 0 Å². The Morgan fingerprint density at radius 1 is 0.800 bits per heavy atom. The molecule has 0 spiro atoms. The highest BCUT2D eigenvalue weighted by Gasteiger charge is 2.37. The summed E-state index contributed by atoms with van der Waals surface area (Å²) in [5.74, 6) is -0.187. The van der Waals surface area contributed by atoms with Gasteiger partial charge in [-0.25, -0.2) is 4.90 Å². The Hall–Kier alpha value is -4.06. The Kier molecular flexibility index (Phi) is 4.98. The predicted molar refractivity (Wildman–Crippen MR) is 114 cm³/mol. The molecule has 0 atom stereocenters. The number of nitrogens with zero attached hydrogens (tertiary/aromatic N) is 1. The number of amides is 2. The summed E-state index contributed by atoms with van der Waals surface area (Å²) in [6.07, 6.45) is 1.65. The molecular weight excluding hydrogens is 382 g/mol. The minimum atomic E-state index is -0.474. The standard InChI is InChI=1S/C24H19NO5/c1-29-21-10-6-5-9-19(21)25-23(27)17-8-4-3-7-16(17)18(24(25)28)13-15-11-12-22(30-2)20(26)14-15/h3-14,26H,1-2H3. The molecule has 30 heavy (non-hydrogen) atoms. The van der Waals surface area contributed by atoms with Gasteiger partial charge in [0.25, 0.3) is 11.8 Å². The molecule has 0 saturated heterocycles. The van der Waals surface area contributed by atoms with Crippen molar-refractivity contribution < 1.29 is 24.2 Å². The van der Waals surface area contributed by atoms with Crippen LogP contribution in [0.5, 0.6) is 17.2 Å². The molecule has 6 heteroatoms. The highest BCUT2D eigenvalue weighted by atomic mass is 16.5. The molecule has 2 amide bonds. The SMILES string of the molecule is COc1ccc(C=C2C(=O)N(c3ccccc3OC)C(=O)c3ccccc32)cc1O. The Morgan fingerprint density at radius 3 is 2.17 bits per heavy atom. The fourth-order valence-corrected chi connectivity index (χ4v) is 3.49. The van der Waals surface area contributed by atoms with Crippen molar-refractivity contribution in [2.45, 2.75) is 0 Å². The molecule has 0 aliphatic carbocycles. The summed E-state index contributed by atoms with van der Waals surface area (Å²) >= 11 is 0. The number of hydrogen-bond donors (Lipinski definition) is 1. The number of rotatable bonds is 4. The summed E-state index contributed by atoms with van der Waals surface area (Å²) in [5, 5.41) is 10.1. The second kappa shape index (κ2) is 7.75. The van der Waals surface area contributed by atoms with Crippen molar-refractivity contribution in [2.75, 3.05) is 19.1 Å². The first kappa shape index (κ1) is 19.3. The quantitative estimate of drug-likeness (QED) is 0.525. The number of para-hydroxylation sites is 2. The van der Waals surface area contributed by atoms with E-state index in [0.717, 1.165) is 4.90 Å². The predicted octanol–water partition coefficient (Wildman–Crippen LogP) is 4.14. The van der Waals surface area contributed by atoms with Gasteiger partial charge in [0.15, 0.2) is 11.5 Å². The number of aromatic hydroxyl groups is 1. The minimum absolute atomic E-state index is 0.0407. The zero-order valence-corrected chi connectivity index (χ0v) is 16.5. The van der Waals surface area contributed by atoms with Crippen molar-refractivity contribution in [2.24, 2.45) is 0 Å². The Labute approximate surface area is 173 Å². The van der Waals surface area contributed by atoms with Crippen LogP contribution in [0.2, 0.25) is 0 Å². The summed E-state index contributed by atoms with van der Waals surface area (Å²) in [7, 11) is 2.95. The first-order valence-electron chi connectivity index (χ1n) is 9.25. The normalized spacial score (nSPS) is 14.6. The van der Waals surface area contributed by atoms with Gasteiger partial charge in [-0.1, -0.05) is 36.4 Å². The Morgan fingerprint density at radius 2 is 1.47 bits per heavy atom. The van der Waals surface area contributed by atoms with Gasteiger partial charge >= 0.3 is 0 Å². The molecule has 1 N–H and O–H groups in total. The Bertz CT molecular complexity index is 1180. The zero-order valence-electron chi connectivity index (χ0n) is 16.5. The van der Waals surface area contributed by atoms with Crippen molar-refractivity contribution >= 4 is 29.2 Å². The molecule has 1 aliphatic heterocycles. The monoisotopic (exact) mass is 401 g/mol. The maximum atomic E-state index is 13.5. The van der Waals surface area contributed by atoms with Crippen LogP contribution in [0.3, 0.4) is 0 Å². The van der Waals surface area contributed by atoms with E-state index >= 15 is 0 Å². The summed E-state index contributed by atoms with van der Waals surface area (Å²) < 4.78 is 10.4. The average Bonchev–Trinajstić information content (AvgIpc) is 2.77. The van der Waals surface area contributed by atoms with Crippen LogP contribution < -0.4 is 14.4 Å². The van der Waals surface area contributed by atoms with E-state index in [-0.39, 0.29) is 5.75 Å². The summed E-state index contributed by atoms with van der Waals surface area (Å²) in [4.78, 5) is 27.8. The van der Waals surface area contributed by atoms with Gasteiger partial charge in [-0.15, -0.1) is 0 Å². The maximum absolute atomic E-state index is 13.5. The van der Waals surface area contributed by atoms with E-state index in [1.54, 1.807) is 66.7 Å². The molecule has 6 nitrogen and oxygen atoms in total. The molecule has 0 fully saturated rings. The summed E-state index contributed by atoms with van der Waals surface area (Å²) in [6.45, 7) is 0. The number of ether oxygens (including phenoxy) is 2. The topological polar surface area (TPSA) is 76.1 Å². The molecule has 1 heterocycles. The van der Waals surface area contributed by atoms with E-state index in [9.17, 15) is 14.7 Å². The fraction of sp³-hybridized carbons (Fsp3) is 0.0833. The molecule has 0 radical (unpaired) electrons. The third-order valence-electron chi connectivity index (χ3n) is 4.92. The van der Waals surface area contributed by atoms with E-state index in [4.69, 9.17) is 9.47 Å². The van der Waals surface area contributed by atoms with Crippen molar-refractivity contribution in [3.05, 3.63) is 83.4 Å². The molecule has 150 valence electrons.